The Morgan fingerprint density at radius 3 is 2.50 bits per heavy atom. The summed E-state index contributed by atoms with van der Waals surface area (Å²) >= 11 is 0. The van der Waals surface area contributed by atoms with Crippen LogP contribution in [0.5, 0.6) is 0 Å². The molecule has 0 N–H and O–H groups in total. The van der Waals surface area contributed by atoms with E-state index in [0.717, 1.165) is 12.0 Å². The van der Waals surface area contributed by atoms with Crippen LogP contribution in [-0.2, 0) is 6.42 Å². The molecule has 0 saturated heterocycles. The molecular weight excluding hydrogens is 220 g/mol. The first kappa shape index (κ1) is 11.2. The molecule has 0 bridgehead atoms. The highest BCUT2D eigenvalue weighted by molar-refractivity contribution is 5.99. The highest BCUT2D eigenvalue weighted by atomic mass is 16.1. The monoisotopic (exact) mass is 236 g/mol. The third-order valence-corrected chi connectivity index (χ3v) is 3.61. The Morgan fingerprint density at radius 2 is 1.72 bits per heavy atom. The number of benzene rings is 2. The second-order valence-corrected chi connectivity index (χ2v) is 5.22. The van der Waals surface area contributed by atoms with Crippen molar-refractivity contribution in [1.82, 2.24) is 0 Å². The molecule has 2 aromatic rings. The van der Waals surface area contributed by atoms with Crippen LogP contribution in [0.2, 0.25) is 0 Å². The van der Waals surface area contributed by atoms with E-state index >= 15 is 0 Å². The molecule has 0 unspecified atom stereocenters. The SMILES string of the molecule is CC(C)C(=O)c1ccc2c(c1)-c1ccccc1C2. The van der Waals surface area contributed by atoms with Crippen molar-refractivity contribution in [1.29, 1.82) is 0 Å². The van der Waals surface area contributed by atoms with E-state index in [9.17, 15) is 4.79 Å². The average molecular weight is 236 g/mol. The number of fused-ring (bicyclic) bond motifs is 3. The van der Waals surface area contributed by atoms with Gasteiger partial charge >= 0.3 is 0 Å². The highest BCUT2D eigenvalue weighted by Crippen LogP contribution is 2.37. The van der Waals surface area contributed by atoms with Gasteiger partial charge in [-0.15, -0.1) is 0 Å². The lowest BCUT2D eigenvalue weighted by Crippen LogP contribution is -2.07. The molecule has 0 fully saturated rings. The van der Waals surface area contributed by atoms with Crippen molar-refractivity contribution in [2.24, 2.45) is 5.92 Å². The molecular formula is C17H16O. The van der Waals surface area contributed by atoms with Crippen molar-refractivity contribution < 1.29 is 4.79 Å². The molecule has 0 saturated carbocycles. The van der Waals surface area contributed by atoms with Gasteiger partial charge in [-0.2, -0.15) is 0 Å². The molecule has 2 aromatic carbocycles. The lowest BCUT2D eigenvalue weighted by Gasteiger charge is -2.07. The average Bonchev–Trinajstić information content (AvgIpc) is 2.75. The summed E-state index contributed by atoms with van der Waals surface area (Å²) in [6.45, 7) is 3.90. The van der Waals surface area contributed by atoms with Crippen molar-refractivity contribution in [2.75, 3.05) is 0 Å². The fraction of sp³-hybridized carbons (Fsp3) is 0.235. The lowest BCUT2D eigenvalue weighted by molar-refractivity contribution is 0.0939. The Balaban J connectivity index is 2.11. The van der Waals surface area contributed by atoms with Gasteiger partial charge in [0.05, 0.1) is 0 Å². The molecule has 0 atom stereocenters. The number of Topliss-reactive ketones (excluding diaryl/α,β-unsaturated/α-hetero) is 1. The summed E-state index contributed by atoms with van der Waals surface area (Å²) in [7, 11) is 0. The minimum absolute atomic E-state index is 0.0553. The van der Waals surface area contributed by atoms with Crippen LogP contribution in [-0.4, -0.2) is 5.78 Å². The van der Waals surface area contributed by atoms with E-state index in [1.54, 1.807) is 0 Å². The van der Waals surface area contributed by atoms with Gasteiger partial charge in [0.2, 0.25) is 0 Å². The van der Waals surface area contributed by atoms with Gasteiger partial charge < -0.3 is 0 Å². The third kappa shape index (κ3) is 1.67. The van der Waals surface area contributed by atoms with Crippen LogP contribution in [0.15, 0.2) is 42.5 Å². The van der Waals surface area contributed by atoms with Gasteiger partial charge in [-0.1, -0.05) is 50.2 Å². The summed E-state index contributed by atoms with van der Waals surface area (Å²) < 4.78 is 0. The standard InChI is InChI=1S/C17H16O/c1-11(2)17(18)14-8-7-13-9-12-5-3-4-6-15(12)16(13)10-14/h3-8,10-11H,9H2,1-2H3. The van der Waals surface area contributed by atoms with E-state index < -0.39 is 0 Å². The smallest absolute Gasteiger partial charge is 0.165 e. The number of carbonyl (C=O) groups excluding carboxylic acids is 1. The summed E-state index contributed by atoms with van der Waals surface area (Å²) in [6, 6.07) is 14.6. The number of rotatable bonds is 2. The summed E-state index contributed by atoms with van der Waals surface area (Å²) in [5.74, 6) is 0.280. The second-order valence-electron chi connectivity index (χ2n) is 5.22. The van der Waals surface area contributed by atoms with Gasteiger partial charge in [0, 0.05) is 11.5 Å². The predicted molar refractivity (Wildman–Crippen MR) is 73.9 cm³/mol. The molecule has 1 nitrogen and oxygen atoms in total. The molecule has 0 spiro atoms. The second kappa shape index (κ2) is 4.09. The van der Waals surface area contributed by atoms with E-state index in [2.05, 4.69) is 36.4 Å². The van der Waals surface area contributed by atoms with Crippen LogP contribution >= 0.6 is 0 Å². The van der Waals surface area contributed by atoms with Gasteiger partial charge in [0.25, 0.3) is 0 Å². The van der Waals surface area contributed by atoms with Gasteiger partial charge in [-0.05, 0) is 34.7 Å². The first-order valence-electron chi connectivity index (χ1n) is 6.42. The fourth-order valence-corrected chi connectivity index (χ4v) is 2.61. The Hall–Kier alpha value is -1.89. The zero-order valence-electron chi connectivity index (χ0n) is 10.7. The summed E-state index contributed by atoms with van der Waals surface area (Å²) in [5, 5.41) is 0. The number of carbonyl (C=O) groups is 1. The third-order valence-electron chi connectivity index (χ3n) is 3.61. The van der Waals surface area contributed by atoms with E-state index in [-0.39, 0.29) is 11.7 Å². The van der Waals surface area contributed by atoms with Crippen LogP contribution in [0.25, 0.3) is 11.1 Å². The van der Waals surface area contributed by atoms with Crippen molar-refractivity contribution in [3.05, 3.63) is 59.2 Å². The maximum Gasteiger partial charge on any atom is 0.165 e. The first-order valence-corrected chi connectivity index (χ1v) is 6.42. The first-order chi connectivity index (χ1) is 8.66. The highest BCUT2D eigenvalue weighted by Gasteiger charge is 2.20. The fourth-order valence-electron chi connectivity index (χ4n) is 2.61. The van der Waals surface area contributed by atoms with Crippen molar-refractivity contribution in [2.45, 2.75) is 20.3 Å². The maximum atomic E-state index is 12.1. The van der Waals surface area contributed by atoms with Gasteiger partial charge in [0.1, 0.15) is 0 Å². The predicted octanol–water partition coefficient (Wildman–Crippen LogP) is 4.10. The Morgan fingerprint density at radius 1 is 1.00 bits per heavy atom. The summed E-state index contributed by atoms with van der Waals surface area (Å²) in [4.78, 5) is 12.1. The van der Waals surface area contributed by atoms with E-state index in [1.165, 1.54) is 22.3 Å². The van der Waals surface area contributed by atoms with Gasteiger partial charge in [-0.3, -0.25) is 4.79 Å². The van der Waals surface area contributed by atoms with Crippen molar-refractivity contribution >= 4 is 5.78 Å². The van der Waals surface area contributed by atoms with Crippen molar-refractivity contribution in [3.63, 3.8) is 0 Å². The quantitative estimate of drug-likeness (QED) is 0.612. The molecule has 90 valence electrons. The molecule has 18 heavy (non-hydrogen) atoms. The molecule has 3 rings (SSSR count). The minimum atomic E-state index is 0.0553. The van der Waals surface area contributed by atoms with Gasteiger partial charge in [0.15, 0.2) is 5.78 Å². The number of ketones is 1. The molecule has 1 aliphatic rings. The molecule has 0 aliphatic heterocycles. The Bertz CT molecular complexity index is 623. The number of hydrogen-bond acceptors (Lipinski definition) is 1. The van der Waals surface area contributed by atoms with Crippen LogP contribution in [0.1, 0.15) is 35.3 Å². The van der Waals surface area contributed by atoms with E-state index in [4.69, 9.17) is 0 Å². The normalized spacial score (nSPS) is 12.4. The lowest BCUT2D eigenvalue weighted by atomic mass is 9.96. The number of hydrogen-bond donors (Lipinski definition) is 0. The van der Waals surface area contributed by atoms with Crippen LogP contribution < -0.4 is 0 Å². The largest absolute Gasteiger partial charge is 0.294 e. The molecule has 1 heteroatoms. The van der Waals surface area contributed by atoms with Gasteiger partial charge in [-0.25, -0.2) is 0 Å². The molecule has 0 radical (unpaired) electrons. The van der Waals surface area contributed by atoms with E-state index in [1.807, 2.05) is 19.9 Å². The maximum absolute atomic E-state index is 12.1. The van der Waals surface area contributed by atoms with Crippen LogP contribution in [0.3, 0.4) is 0 Å². The zero-order chi connectivity index (χ0) is 12.7. The molecule has 0 amide bonds. The minimum Gasteiger partial charge on any atom is -0.294 e. The summed E-state index contributed by atoms with van der Waals surface area (Å²) in [6.07, 6.45) is 0.988. The van der Waals surface area contributed by atoms with Crippen molar-refractivity contribution in [3.8, 4) is 11.1 Å². The zero-order valence-corrected chi connectivity index (χ0v) is 10.7. The summed E-state index contributed by atoms with van der Waals surface area (Å²) in [5.41, 5.74) is 6.04. The Labute approximate surface area is 107 Å². The Kier molecular flexibility index (Phi) is 2.55. The molecule has 0 heterocycles. The molecule has 1 aliphatic carbocycles. The molecule has 0 aromatic heterocycles. The topological polar surface area (TPSA) is 17.1 Å². The van der Waals surface area contributed by atoms with E-state index in [0.29, 0.717) is 0 Å². The van der Waals surface area contributed by atoms with Crippen LogP contribution in [0, 0.1) is 5.92 Å². The van der Waals surface area contributed by atoms with Crippen LogP contribution in [0.4, 0.5) is 0 Å².